The lowest BCUT2D eigenvalue weighted by molar-refractivity contribution is -0.0197. The number of hydrogen-bond donors (Lipinski definition) is 2. The number of rotatable bonds is 6. The number of nitrogens with one attached hydrogen (secondary N) is 1. The van der Waals surface area contributed by atoms with Crippen LogP contribution in [0.25, 0.3) is 0 Å². The first kappa shape index (κ1) is 14.3. The minimum absolute atomic E-state index is 0.0983. The van der Waals surface area contributed by atoms with Gasteiger partial charge in [0.05, 0.1) is 18.2 Å². The zero-order valence-electron chi connectivity index (χ0n) is 12.0. The molecule has 18 heavy (non-hydrogen) atoms. The van der Waals surface area contributed by atoms with Crippen LogP contribution in [-0.2, 0) is 4.74 Å². The lowest BCUT2D eigenvalue weighted by Crippen LogP contribution is -2.59. The summed E-state index contributed by atoms with van der Waals surface area (Å²) < 4.78 is 5.57. The van der Waals surface area contributed by atoms with Gasteiger partial charge in [0.25, 0.3) is 0 Å². The minimum atomic E-state index is -0.0983. The fourth-order valence-electron chi connectivity index (χ4n) is 3.25. The Morgan fingerprint density at radius 3 is 2.61 bits per heavy atom. The second-order valence-electron chi connectivity index (χ2n) is 6.11. The Balaban J connectivity index is 1.95. The number of ether oxygens (including phenoxy) is 1. The summed E-state index contributed by atoms with van der Waals surface area (Å²) in [6.07, 6.45) is 4.03. The van der Waals surface area contributed by atoms with Crippen LogP contribution in [0.15, 0.2) is 0 Å². The van der Waals surface area contributed by atoms with E-state index < -0.39 is 0 Å². The Morgan fingerprint density at radius 1 is 1.39 bits per heavy atom. The van der Waals surface area contributed by atoms with Gasteiger partial charge >= 0.3 is 0 Å². The number of aliphatic hydroxyl groups is 1. The van der Waals surface area contributed by atoms with Crippen LogP contribution in [0.5, 0.6) is 0 Å². The molecule has 106 valence electrons. The molecule has 2 rings (SSSR count). The van der Waals surface area contributed by atoms with Crippen LogP contribution in [0.3, 0.4) is 0 Å². The molecule has 4 nitrogen and oxygen atoms in total. The van der Waals surface area contributed by atoms with Crippen LogP contribution in [0.4, 0.5) is 0 Å². The van der Waals surface area contributed by atoms with Crippen molar-refractivity contribution in [2.45, 2.75) is 37.8 Å². The molecule has 1 heterocycles. The van der Waals surface area contributed by atoms with Gasteiger partial charge in [0.15, 0.2) is 0 Å². The van der Waals surface area contributed by atoms with E-state index in [1.54, 1.807) is 0 Å². The van der Waals surface area contributed by atoms with Gasteiger partial charge in [-0.2, -0.15) is 0 Å². The summed E-state index contributed by atoms with van der Waals surface area (Å²) in [6.45, 7) is 5.56. The van der Waals surface area contributed by atoms with Gasteiger partial charge in [0.1, 0.15) is 0 Å². The molecule has 1 aliphatic carbocycles. The molecule has 1 saturated carbocycles. The Bertz CT molecular complexity index is 265. The third kappa shape index (κ3) is 2.87. The van der Waals surface area contributed by atoms with E-state index in [-0.39, 0.29) is 12.1 Å². The number of likely N-dealkylation sites (N-methyl/N-ethyl adjacent to an activating group) is 1. The van der Waals surface area contributed by atoms with E-state index >= 15 is 0 Å². The van der Waals surface area contributed by atoms with Crippen LogP contribution in [0.2, 0.25) is 0 Å². The summed E-state index contributed by atoms with van der Waals surface area (Å²) in [6, 6.07) is 0. The third-order valence-electron chi connectivity index (χ3n) is 4.92. The normalized spacial score (nSPS) is 33.3. The predicted molar refractivity (Wildman–Crippen MR) is 72.6 cm³/mol. The molecule has 0 aromatic carbocycles. The summed E-state index contributed by atoms with van der Waals surface area (Å²) >= 11 is 0. The second kappa shape index (κ2) is 5.87. The molecule has 0 bridgehead atoms. The number of likely N-dealkylation sites (tertiary alicyclic amines) is 1. The number of nitrogens with zero attached hydrogens (tertiary/aromatic N) is 1. The average Bonchev–Trinajstić information content (AvgIpc) is 3.23. The highest BCUT2D eigenvalue weighted by atomic mass is 16.5. The average molecular weight is 256 g/mol. The SMILES string of the molecule is CNC(CO)(CN1CCC(C)C(OC)C1)C1CC1. The van der Waals surface area contributed by atoms with Crippen LogP contribution < -0.4 is 5.32 Å². The molecule has 0 aromatic heterocycles. The molecule has 1 saturated heterocycles. The zero-order chi connectivity index (χ0) is 13.2. The molecule has 1 aliphatic heterocycles. The molecule has 0 radical (unpaired) electrons. The lowest BCUT2D eigenvalue weighted by atomic mass is 9.90. The summed E-state index contributed by atoms with van der Waals surface area (Å²) in [5, 5.41) is 13.2. The Hall–Kier alpha value is -0.160. The molecule has 2 fully saturated rings. The Kier molecular flexibility index (Phi) is 4.64. The summed E-state index contributed by atoms with van der Waals surface area (Å²) in [5.41, 5.74) is -0.0983. The molecule has 2 N–H and O–H groups in total. The van der Waals surface area contributed by atoms with E-state index in [2.05, 4.69) is 17.1 Å². The van der Waals surface area contributed by atoms with E-state index in [0.717, 1.165) is 19.6 Å². The van der Waals surface area contributed by atoms with Crippen LogP contribution in [-0.4, -0.2) is 62.0 Å². The van der Waals surface area contributed by atoms with E-state index in [1.165, 1.54) is 19.3 Å². The summed E-state index contributed by atoms with van der Waals surface area (Å²) in [5.74, 6) is 1.29. The van der Waals surface area contributed by atoms with Crippen LogP contribution in [0, 0.1) is 11.8 Å². The smallest absolute Gasteiger partial charge is 0.0724 e. The molecular weight excluding hydrogens is 228 g/mol. The van der Waals surface area contributed by atoms with Gasteiger partial charge in [-0.05, 0) is 44.7 Å². The maximum Gasteiger partial charge on any atom is 0.0724 e. The molecule has 0 spiro atoms. The standard InChI is InChI=1S/C14H28N2O2/c1-11-6-7-16(8-13(11)18-3)9-14(10-17,15-2)12-4-5-12/h11-13,15,17H,4-10H2,1-3H3. The van der Waals surface area contributed by atoms with E-state index in [1.807, 2.05) is 14.2 Å². The third-order valence-corrected chi connectivity index (χ3v) is 4.92. The van der Waals surface area contributed by atoms with Gasteiger partial charge in [0.2, 0.25) is 0 Å². The van der Waals surface area contributed by atoms with E-state index in [0.29, 0.717) is 17.9 Å². The van der Waals surface area contributed by atoms with Gasteiger partial charge < -0.3 is 15.2 Å². The molecule has 4 heteroatoms. The minimum Gasteiger partial charge on any atom is -0.394 e. The first-order valence-corrected chi connectivity index (χ1v) is 7.20. The highest BCUT2D eigenvalue weighted by molar-refractivity contribution is 5.02. The first-order valence-electron chi connectivity index (χ1n) is 7.20. The van der Waals surface area contributed by atoms with Crippen molar-refractivity contribution in [1.29, 1.82) is 0 Å². The van der Waals surface area contributed by atoms with Gasteiger partial charge in [-0.3, -0.25) is 4.90 Å². The zero-order valence-corrected chi connectivity index (χ0v) is 12.0. The van der Waals surface area contributed by atoms with E-state index in [9.17, 15) is 5.11 Å². The second-order valence-corrected chi connectivity index (χ2v) is 6.11. The molecular formula is C14H28N2O2. The Morgan fingerprint density at radius 2 is 2.11 bits per heavy atom. The highest BCUT2D eigenvalue weighted by Gasteiger charge is 2.45. The number of hydrogen-bond acceptors (Lipinski definition) is 4. The van der Waals surface area contributed by atoms with Crippen LogP contribution >= 0.6 is 0 Å². The topological polar surface area (TPSA) is 44.7 Å². The van der Waals surface area contributed by atoms with Crippen molar-refractivity contribution in [3.05, 3.63) is 0 Å². The monoisotopic (exact) mass is 256 g/mol. The van der Waals surface area contributed by atoms with Gasteiger partial charge in [-0.1, -0.05) is 6.92 Å². The highest BCUT2D eigenvalue weighted by Crippen LogP contribution is 2.40. The predicted octanol–water partition coefficient (Wildman–Crippen LogP) is 0.704. The van der Waals surface area contributed by atoms with Crippen LogP contribution in [0.1, 0.15) is 26.2 Å². The number of aliphatic hydroxyl groups excluding tert-OH is 1. The van der Waals surface area contributed by atoms with Gasteiger partial charge in [-0.25, -0.2) is 0 Å². The van der Waals surface area contributed by atoms with Crippen molar-refractivity contribution >= 4 is 0 Å². The van der Waals surface area contributed by atoms with Gasteiger partial charge in [-0.15, -0.1) is 0 Å². The van der Waals surface area contributed by atoms with Gasteiger partial charge in [0, 0.05) is 20.2 Å². The summed E-state index contributed by atoms with van der Waals surface area (Å²) in [4.78, 5) is 2.46. The van der Waals surface area contributed by atoms with Crippen molar-refractivity contribution in [1.82, 2.24) is 10.2 Å². The fourth-order valence-corrected chi connectivity index (χ4v) is 3.25. The molecule has 2 aliphatic rings. The van der Waals surface area contributed by atoms with Crippen molar-refractivity contribution in [2.75, 3.05) is 40.4 Å². The number of piperidine rings is 1. The molecule has 3 atom stereocenters. The number of methoxy groups -OCH3 is 1. The van der Waals surface area contributed by atoms with Crippen molar-refractivity contribution in [3.63, 3.8) is 0 Å². The Labute approximate surface area is 111 Å². The van der Waals surface area contributed by atoms with Crippen molar-refractivity contribution in [3.8, 4) is 0 Å². The largest absolute Gasteiger partial charge is 0.394 e. The van der Waals surface area contributed by atoms with Crippen molar-refractivity contribution < 1.29 is 9.84 Å². The van der Waals surface area contributed by atoms with E-state index in [4.69, 9.17) is 4.74 Å². The molecule has 3 unspecified atom stereocenters. The fraction of sp³-hybridized carbons (Fsp3) is 1.00. The van der Waals surface area contributed by atoms with Crippen molar-refractivity contribution in [2.24, 2.45) is 11.8 Å². The maximum atomic E-state index is 9.77. The maximum absolute atomic E-state index is 9.77. The molecule has 0 amide bonds. The summed E-state index contributed by atoms with van der Waals surface area (Å²) in [7, 11) is 3.79. The lowest BCUT2D eigenvalue weighted by Gasteiger charge is -2.42. The quantitative estimate of drug-likeness (QED) is 0.734. The first-order chi connectivity index (χ1) is 8.65. The molecule has 0 aromatic rings.